The van der Waals surface area contributed by atoms with Gasteiger partial charge in [0.1, 0.15) is 29.9 Å². The van der Waals surface area contributed by atoms with E-state index in [0.717, 1.165) is 12.8 Å². The number of likely N-dealkylation sites (tertiary alicyclic amines) is 1. The highest BCUT2D eigenvalue weighted by Gasteiger charge is 2.79. The molecular weight excluding hydrogens is 512 g/mol. The van der Waals surface area contributed by atoms with Crippen molar-refractivity contribution in [3.05, 3.63) is 49.6 Å². The Morgan fingerprint density at radius 3 is 2.50 bits per heavy atom. The first-order chi connectivity index (χ1) is 19.3. The zero-order valence-corrected chi connectivity index (χ0v) is 23.7. The number of fused-ring (bicyclic) bond motifs is 1. The number of rotatable bonds is 15. The summed E-state index contributed by atoms with van der Waals surface area (Å²) in [6.07, 6.45) is 7.76. The molecule has 218 valence electrons. The lowest BCUT2D eigenvalue weighted by Gasteiger charge is -2.37. The van der Waals surface area contributed by atoms with Crippen LogP contribution in [0.15, 0.2) is 49.6 Å². The topological polar surface area (TPSA) is 106 Å². The summed E-state index contributed by atoms with van der Waals surface area (Å²) in [4.78, 5) is 45.5. The van der Waals surface area contributed by atoms with Crippen molar-refractivity contribution < 1.29 is 33.7 Å². The first-order valence-corrected chi connectivity index (χ1v) is 14.3. The van der Waals surface area contributed by atoms with Crippen molar-refractivity contribution >= 4 is 23.5 Å². The molecule has 9 heteroatoms. The number of anilines is 1. The number of hydrogen-bond acceptors (Lipinski definition) is 7. The van der Waals surface area contributed by atoms with Crippen LogP contribution in [0.25, 0.3) is 0 Å². The Morgan fingerprint density at radius 2 is 1.88 bits per heavy atom. The number of esters is 1. The third kappa shape index (κ3) is 5.05. The van der Waals surface area contributed by atoms with E-state index in [0.29, 0.717) is 50.1 Å². The highest BCUT2D eigenvalue weighted by molar-refractivity contribution is 6.04. The number of nitrogens with zero attached hydrogens (tertiary/aromatic N) is 2. The molecule has 3 aliphatic rings. The lowest BCUT2D eigenvalue weighted by atomic mass is 9.65. The number of methoxy groups -OCH3 is 1. The van der Waals surface area contributed by atoms with Gasteiger partial charge in [-0.15, -0.1) is 6.58 Å². The fourth-order valence-electron chi connectivity index (χ4n) is 6.94. The predicted octanol–water partition coefficient (Wildman–Crippen LogP) is 3.65. The zero-order chi connectivity index (χ0) is 28.9. The van der Waals surface area contributed by atoms with Crippen molar-refractivity contribution in [2.24, 2.45) is 11.8 Å². The third-order valence-electron chi connectivity index (χ3n) is 8.78. The van der Waals surface area contributed by atoms with Crippen molar-refractivity contribution in [2.45, 2.75) is 69.1 Å². The molecule has 3 heterocycles. The summed E-state index contributed by atoms with van der Waals surface area (Å²) >= 11 is 0. The van der Waals surface area contributed by atoms with Gasteiger partial charge in [0.05, 0.1) is 18.6 Å². The van der Waals surface area contributed by atoms with Crippen LogP contribution in [0.5, 0.6) is 5.75 Å². The van der Waals surface area contributed by atoms with Gasteiger partial charge in [0.15, 0.2) is 0 Å². The monoisotopic (exact) mass is 554 g/mol. The summed E-state index contributed by atoms with van der Waals surface area (Å²) < 4.78 is 17.6. The van der Waals surface area contributed by atoms with Gasteiger partial charge >= 0.3 is 5.97 Å². The maximum Gasteiger partial charge on any atom is 0.313 e. The van der Waals surface area contributed by atoms with E-state index in [-0.39, 0.29) is 31.6 Å². The minimum absolute atomic E-state index is 0.0462. The first kappa shape index (κ1) is 29.8. The van der Waals surface area contributed by atoms with Crippen LogP contribution in [-0.2, 0) is 23.9 Å². The Morgan fingerprint density at radius 1 is 1.15 bits per heavy atom. The molecular formula is C31H42N2O7. The van der Waals surface area contributed by atoms with E-state index in [9.17, 15) is 14.4 Å². The van der Waals surface area contributed by atoms with E-state index >= 15 is 0 Å². The second-order valence-electron chi connectivity index (χ2n) is 10.9. The summed E-state index contributed by atoms with van der Waals surface area (Å²) in [6, 6.07) is 6.29. The summed E-state index contributed by atoms with van der Waals surface area (Å²) in [5.74, 6) is -1.89. The lowest BCUT2D eigenvalue weighted by molar-refractivity contribution is -0.159. The van der Waals surface area contributed by atoms with Crippen LogP contribution in [0.4, 0.5) is 5.69 Å². The van der Waals surface area contributed by atoms with Gasteiger partial charge < -0.3 is 29.1 Å². The number of carbonyl (C=O) groups excluding carboxylic acids is 3. The van der Waals surface area contributed by atoms with Gasteiger partial charge in [0.25, 0.3) is 5.91 Å². The molecule has 3 aliphatic heterocycles. The number of unbranched alkanes of at least 4 members (excludes halogenated alkanes) is 3. The minimum Gasteiger partial charge on any atom is -0.497 e. The van der Waals surface area contributed by atoms with E-state index in [4.69, 9.17) is 19.3 Å². The van der Waals surface area contributed by atoms with Crippen LogP contribution in [-0.4, -0.2) is 78.4 Å². The molecule has 1 aromatic rings. The molecule has 2 bridgehead atoms. The number of aliphatic hydroxyl groups is 1. The predicted molar refractivity (Wildman–Crippen MR) is 151 cm³/mol. The van der Waals surface area contributed by atoms with Gasteiger partial charge in [-0.05, 0) is 56.4 Å². The fourth-order valence-corrected chi connectivity index (χ4v) is 6.94. The molecule has 9 nitrogen and oxygen atoms in total. The molecule has 0 radical (unpaired) electrons. The molecule has 3 fully saturated rings. The quantitative estimate of drug-likeness (QED) is 0.200. The van der Waals surface area contributed by atoms with Crippen molar-refractivity contribution in [1.82, 2.24) is 4.90 Å². The van der Waals surface area contributed by atoms with Crippen LogP contribution < -0.4 is 9.64 Å². The van der Waals surface area contributed by atoms with Crippen LogP contribution in [0, 0.1) is 11.8 Å². The average molecular weight is 555 g/mol. The Kier molecular flexibility index (Phi) is 9.36. The molecule has 1 N–H and O–H groups in total. The van der Waals surface area contributed by atoms with Gasteiger partial charge in [-0.25, -0.2) is 0 Å². The van der Waals surface area contributed by atoms with E-state index in [1.54, 1.807) is 47.3 Å². The summed E-state index contributed by atoms with van der Waals surface area (Å²) in [5.41, 5.74) is -1.33. The van der Waals surface area contributed by atoms with Crippen molar-refractivity contribution in [3.63, 3.8) is 0 Å². The van der Waals surface area contributed by atoms with E-state index in [1.165, 1.54) is 6.08 Å². The number of carbonyl (C=O) groups is 3. The van der Waals surface area contributed by atoms with Gasteiger partial charge in [-0.1, -0.05) is 38.5 Å². The fraction of sp³-hybridized carbons (Fsp3) is 0.581. The molecule has 0 saturated carbocycles. The molecule has 40 heavy (non-hydrogen) atoms. The van der Waals surface area contributed by atoms with Crippen LogP contribution >= 0.6 is 0 Å². The smallest absolute Gasteiger partial charge is 0.313 e. The highest BCUT2D eigenvalue weighted by atomic mass is 16.6. The number of aliphatic hydroxyl groups excluding tert-OH is 1. The Labute approximate surface area is 236 Å². The number of amides is 2. The van der Waals surface area contributed by atoms with Crippen LogP contribution in [0.1, 0.15) is 51.9 Å². The number of ether oxygens (including phenoxy) is 3. The van der Waals surface area contributed by atoms with Crippen LogP contribution in [0.2, 0.25) is 0 Å². The molecule has 1 spiro atoms. The van der Waals surface area contributed by atoms with Gasteiger partial charge in [-0.3, -0.25) is 14.4 Å². The van der Waals surface area contributed by atoms with E-state index < -0.39 is 35.0 Å². The van der Waals surface area contributed by atoms with Gasteiger partial charge in [0, 0.05) is 25.4 Å². The number of benzene rings is 1. The van der Waals surface area contributed by atoms with Crippen LogP contribution in [0.3, 0.4) is 0 Å². The highest BCUT2D eigenvalue weighted by Crippen LogP contribution is 2.64. The maximum atomic E-state index is 14.6. The van der Waals surface area contributed by atoms with Crippen molar-refractivity contribution in [3.8, 4) is 5.75 Å². The SMILES string of the molecule is C=CCOC(=O)[C@H]1[C@H]2C(=O)N(CCCCCCO)C(C(=O)N(CC=C)c3ccc(OC)cc3)C23CC[C@]1(CC)O3. The zero-order valence-electron chi connectivity index (χ0n) is 23.7. The second kappa shape index (κ2) is 12.6. The Balaban J connectivity index is 1.74. The Hall–Kier alpha value is -3.17. The maximum absolute atomic E-state index is 14.6. The molecule has 3 saturated heterocycles. The molecule has 2 unspecified atom stereocenters. The molecule has 2 amide bonds. The molecule has 4 rings (SSSR count). The molecule has 1 aromatic carbocycles. The standard InChI is InChI=1S/C31H42N2O7/c1-5-18-32(22-12-14-23(38-4)15-13-22)28(36)26-31-17-16-30(7-3,40-31)25(29(37)39-21-6-2)24(31)27(35)33(26)19-10-8-9-11-20-34/h5-6,12-15,24-26,34H,1-2,7-11,16-21H2,3-4H3/t24-,25+,26?,30-,31?/m0/s1. The van der Waals surface area contributed by atoms with Crippen molar-refractivity contribution in [1.29, 1.82) is 0 Å². The summed E-state index contributed by atoms with van der Waals surface area (Å²) in [6.45, 7) is 10.2. The van der Waals surface area contributed by atoms with Gasteiger partial charge in [-0.2, -0.15) is 0 Å². The normalized spacial score (nSPS) is 28.3. The number of hydrogen-bond donors (Lipinski definition) is 1. The van der Waals surface area contributed by atoms with Crippen molar-refractivity contribution in [2.75, 3.05) is 38.3 Å². The Bertz CT molecular complexity index is 1110. The van der Waals surface area contributed by atoms with E-state index in [2.05, 4.69) is 13.2 Å². The van der Waals surface area contributed by atoms with Gasteiger partial charge in [0.2, 0.25) is 5.91 Å². The minimum atomic E-state index is -1.13. The second-order valence-corrected chi connectivity index (χ2v) is 10.9. The summed E-state index contributed by atoms with van der Waals surface area (Å²) in [7, 11) is 1.58. The summed E-state index contributed by atoms with van der Waals surface area (Å²) in [5, 5.41) is 9.16. The molecule has 0 aliphatic carbocycles. The average Bonchev–Trinajstić information content (AvgIpc) is 3.58. The largest absolute Gasteiger partial charge is 0.497 e. The third-order valence-corrected chi connectivity index (χ3v) is 8.78. The van der Waals surface area contributed by atoms with E-state index in [1.807, 2.05) is 6.92 Å². The first-order valence-electron chi connectivity index (χ1n) is 14.3. The molecule has 0 aromatic heterocycles. The molecule has 5 atom stereocenters. The lowest BCUT2D eigenvalue weighted by Crippen LogP contribution is -2.56.